The maximum Gasteiger partial charge on any atom is 0.413 e. The second-order valence-corrected chi connectivity index (χ2v) is 7.82. The predicted molar refractivity (Wildman–Crippen MR) is 104 cm³/mol. The fraction of sp³-hybridized carbons (Fsp3) is 0.400. The lowest BCUT2D eigenvalue weighted by molar-refractivity contribution is -0.136. The summed E-state index contributed by atoms with van der Waals surface area (Å²) in [6.07, 6.45) is -1.53. The third-order valence-electron chi connectivity index (χ3n) is 3.89. The summed E-state index contributed by atoms with van der Waals surface area (Å²) in [5.74, 6) is -4.00. The van der Waals surface area contributed by atoms with E-state index in [1.54, 1.807) is 34.6 Å². The highest BCUT2D eigenvalue weighted by atomic mass is 19.2. The maximum atomic E-state index is 14.7. The molecule has 30 heavy (non-hydrogen) atoms. The van der Waals surface area contributed by atoms with Crippen molar-refractivity contribution in [3.63, 3.8) is 0 Å². The first-order valence-corrected chi connectivity index (χ1v) is 9.07. The van der Waals surface area contributed by atoms with Crippen molar-refractivity contribution in [2.45, 2.75) is 52.7 Å². The molecule has 0 saturated carbocycles. The lowest BCUT2D eigenvalue weighted by Gasteiger charge is -2.20. The van der Waals surface area contributed by atoms with Crippen molar-refractivity contribution in [3.05, 3.63) is 34.9 Å². The molecule has 2 aromatic rings. The van der Waals surface area contributed by atoms with E-state index < -0.39 is 35.7 Å². The molecule has 10 heteroatoms. The quantitative estimate of drug-likeness (QED) is 0.747. The number of aliphatic carboxylic acids is 1. The van der Waals surface area contributed by atoms with Crippen molar-refractivity contribution in [1.29, 1.82) is 5.26 Å². The smallest absolute Gasteiger partial charge is 0.413 e. The van der Waals surface area contributed by atoms with Gasteiger partial charge in [-0.3, -0.25) is 10.1 Å². The number of hydrogen-bond acceptors (Lipinski definition) is 5. The summed E-state index contributed by atoms with van der Waals surface area (Å²) in [5, 5.41) is 25.1. The van der Waals surface area contributed by atoms with Gasteiger partial charge in [-0.15, -0.1) is 0 Å². The average Bonchev–Trinajstić information content (AvgIpc) is 2.95. The molecule has 8 nitrogen and oxygen atoms in total. The Hall–Kier alpha value is -3.48. The predicted octanol–water partition coefficient (Wildman–Crippen LogP) is 4.25. The van der Waals surface area contributed by atoms with Crippen LogP contribution in [-0.4, -0.2) is 32.6 Å². The van der Waals surface area contributed by atoms with Crippen molar-refractivity contribution >= 4 is 17.9 Å². The summed E-state index contributed by atoms with van der Waals surface area (Å²) < 4.78 is 35.6. The van der Waals surface area contributed by atoms with E-state index in [-0.39, 0.29) is 34.2 Å². The first-order chi connectivity index (χ1) is 13.9. The van der Waals surface area contributed by atoms with Crippen LogP contribution in [-0.2, 0) is 16.0 Å². The molecule has 0 atom stereocenters. The molecule has 0 saturated heterocycles. The Morgan fingerprint density at radius 3 is 2.43 bits per heavy atom. The van der Waals surface area contributed by atoms with Crippen molar-refractivity contribution in [3.8, 4) is 17.3 Å². The highest BCUT2D eigenvalue weighted by Gasteiger charge is 2.27. The monoisotopic (exact) mass is 420 g/mol. The van der Waals surface area contributed by atoms with Crippen molar-refractivity contribution in [2.24, 2.45) is 0 Å². The minimum Gasteiger partial charge on any atom is -0.481 e. The van der Waals surface area contributed by atoms with Crippen LogP contribution in [0.4, 0.5) is 19.4 Å². The van der Waals surface area contributed by atoms with Crippen LogP contribution in [0.1, 0.15) is 51.8 Å². The summed E-state index contributed by atoms with van der Waals surface area (Å²) in [6.45, 7) is 8.45. The van der Waals surface area contributed by atoms with Gasteiger partial charge in [0.1, 0.15) is 22.9 Å². The summed E-state index contributed by atoms with van der Waals surface area (Å²) in [5.41, 5.74) is -1.82. The Morgan fingerprint density at radius 1 is 1.30 bits per heavy atom. The third kappa shape index (κ3) is 4.92. The number of anilines is 1. The lowest BCUT2D eigenvalue weighted by Crippen LogP contribution is -2.28. The first-order valence-electron chi connectivity index (χ1n) is 9.07. The highest BCUT2D eigenvalue weighted by molar-refractivity contribution is 5.88. The Morgan fingerprint density at radius 2 is 1.93 bits per heavy atom. The SMILES string of the molecule is CC(C)n1nc(-c2ccc(CC(=O)O)c(F)c2F)c(C#N)c1NC(=O)OC(C)(C)C. The van der Waals surface area contributed by atoms with E-state index in [4.69, 9.17) is 9.84 Å². The molecule has 0 aliphatic heterocycles. The summed E-state index contributed by atoms with van der Waals surface area (Å²) in [6, 6.07) is 3.80. The molecule has 0 radical (unpaired) electrons. The standard InChI is InChI=1S/C20H22F2N4O4/c1-10(2)26-18(24-19(29)30-20(3,4)5)13(9-23)17(25-26)12-7-6-11(8-14(27)28)15(21)16(12)22/h6-7,10H,8H2,1-5H3,(H,24,29)(H,27,28). The van der Waals surface area contributed by atoms with Crippen LogP contribution in [0, 0.1) is 23.0 Å². The molecule has 0 unspecified atom stereocenters. The number of halogens is 2. The van der Waals surface area contributed by atoms with Crippen LogP contribution in [0.3, 0.4) is 0 Å². The Bertz CT molecular complexity index is 1030. The number of carbonyl (C=O) groups is 2. The molecule has 0 fully saturated rings. The van der Waals surface area contributed by atoms with E-state index in [0.29, 0.717) is 0 Å². The summed E-state index contributed by atoms with van der Waals surface area (Å²) in [7, 11) is 0. The van der Waals surface area contributed by atoms with Crippen LogP contribution in [0.25, 0.3) is 11.3 Å². The number of nitrogens with one attached hydrogen (secondary N) is 1. The van der Waals surface area contributed by atoms with Crippen LogP contribution < -0.4 is 5.32 Å². The van der Waals surface area contributed by atoms with Crippen molar-refractivity contribution in [1.82, 2.24) is 9.78 Å². The van der Waals surface area contributed by atoms with Gasteiger partial charge in [0.2, 0.25) is 0 Å². The Balaban J connectivity index is 2.60. The van der Waals surface area contributed by atoms with Gasteiger partial charge >= 0.3 is 12.1 Å². The lowest BCUT2D eigenvalue weighted by atomic mass is 10.0. The molecule has 1 aromatic heterocycles. The zero-order valence-corrected chi connectivity index (χ0v) is 17.2. The van der Waals surface area contributed by atoms with E-state index >= 15 is 0 Å². The minimum absolute atomic E-state index is 0.0221. The van der Waals surface area contributed by atoms with Crippen LogP contribution in [0.5, 0.6) is 0 Å². The molecular formula is C20H22F2N4O4. The van der Waals surface area contributed by atoms with Gasteiger partial charge in [0.05, 0.1) is 6.42 Å². The Kier molecular flexibility index (Phi) is 6.45. The molecule has 0 spiro atoms. The number of benzene rings is 1. The van der Waals surface area contributed by atoms with Crippen LogP contribution >= 0.6 is 0 Å². The molecule has 1 aromatic carbocycles. The zero-order chi connectivity index (χ0) is 22.8. The average molecular weight is 420 g/mol. The molecular weight excluding hydrogens is 398 g/mol. The zero-order valence-electron chi connectivity index (χ0n) is 17.2. The van der Waals surface area contributed by atoms with E-state index in [2.05, 4.69) is 10.4 Å². The number of nitriles is 1. The number of nitrogens with zero attached hydrogens (tertiary/aromatic N) is 3. The molecule has 1 heterocycles. The number of carboxylic acids is 1. The van der Waals surface area contributed by atoms with Crippen molar-refractivity contribution in [2.75, 3.05) is 5.32 Å². The van der Waals surface area contributed by atoms with Gasteiger partial charge in [0, 0.05) is 17.2 Å². The topological polar surface area (TPSA) is 117 Å². The maximum absolute atomic E-state index is 14.7. The van der Waals surface area contributed by atoms with Crippen LogP contribution in [0.2, 0.25) is 0 Å². The number of carboxylic acid groups (broad SMARTS) is 1. The van der Waals surface area contributed by atoms with Gasteiger partial charge in [-0.05, 0) is 40.7 Å². The van der Waals surface area contributed by atoms with E-state index in [0.717, 1.165) is 12.1 Å². The largest absolute Gasteiger partial charge is 0.481 e. The van der Waals surface area contributed by atoms with Crippen molar-refractivity contribution < 1.29 is 28.2 Å². The first kappa shape index (κ1) is 22.8. The molecule has 2 N–H and O–H groups in total. The van der Waals surface area contributed by atoms with Gasteiger partial charge in [-0.1, -0.05) is 6.07 Å². The van der Waals surface area contributed by atoms with Gasteiger partial charge in [0.15, 0.2) is 17.5 Å². The van der Waals surface area contributed by atoms with E-state index in [9.17, 15) is 23.6 Å². The van der Waals surface area contributed by atoms with Gasteiger partial charge in [-0.25, -0.2) is 18.3 Å². The molecule has 2 rings (SSSR count). The third-order valence-corrected chi connectivity index (χ3v) is 3.89. The number of ether oxygens (including phenoxy) is 1. The van der Waals surface area contributed by atoms with Gasteiger partial charge < -0.3 is 9.84 Å². The number of amides is 1. The fourth-order valence-corrected chi connectivity index (χ4v) is 2.69. The van der Waals surface area contributed by atoms with E-state index in [1.807, 2.05) is 6.07 Å². The minimum atomic E-state index is -1.33. The Labute approximate surface area is 172 Å². The van der Waals surface area contributed by atoms with Gasteiger partial charge in [0.25, 0.3) is 0 Å². The molecule has 1 amide bonds. The summed E-state index contributed by atoms with van der Waals surface area (Å²) >= 11 is 0. The summed E-state index contributed by atoms with van der Waals surface area (Å²) in [4.78, 5) is 23.0. The second kappa shape index (κ2) is 8.49. The molecule has 0 bridgehead atoms. The number of aromatic nitrogens is 2. The van der Waals surface area contributed by atoms with Crippen LogP contribution in [0.15, 0.2) is 12.1 Å². The number of rotatable bonds is 5. The molecule has 0 aliphatic rings. The highest BCUT2D eigenvalue weighted by Crippen LogP contribution is 2.33. The fourth-order valence-electron chi connectivity index (χ4n) is 2.69. The van der Waals surface area contributed by atoms with E-state index in [1.165, 1.54) is 4.68 Å². The molecule has 160 valence electrons. The number of carbonyl (C=O) groups excluding carboxylic acids is 1. The van der Waals surface area contributed by atoms with Gasteiger partial charge in [-0.2, -0.15) is 10.4 Å². The normalized spacial score (nSPS) is 11.3. The molecule has 0 aliphatic carbocycles. The number of hydrogen-bond donors (Lipinski definition) is 2. The second-order valence-electron chi connectivity index (χ2n) is 7.82.